The van der Waals surface area contributed by atoms with Crippen molar-refractivity contribution in [2.45, 2.75) is 48.7 Å². The van der Waals surface area contributed by atoms with Gasteiger partial charge in [-0.2, -0.15) is 4.31 Å². The molecule has 2 amide bonds. The lowest BCUT2D eigenvalue weighted by Crippen LogP contribution is -2.58. The first-order chi connectivity index (χ1) is 24.8. The van der Waals surface area contributed by atoms with Crippen LogP contribution in [0.25, 0.3) is 0 Å². The Morgan fingerprint density at radius 1 is 0.904 bits per heavy atom. The molecule has 4 aromatic carbocycles. The zero-order valence-electron chi connectivity index (χ0n) is 28.6. The molecule has 15 heteroatoms. The second-order valence-electron chi connectivity index (χ2n) is 12.3. The van der Waals surface area contributed by atoms with Crippen LogP contribution in [0.5, 0.6) is 5.75 Å². The number of nitrogens with zero attached hydrogens (tertiary/aromatic N) is 2. The molecule has 52 heavy (non-hydrogen) atoms. The number of carbonyl (C=O) groups is 2. The smallest absolute Gasteiger partial charge is 0.420 e. The van der Waals surface area contributed by atoms with Gasteiger partial charge in [0.1, 0.15) is 29.0 Å². The highest BCUT2D eigenvalue weighted by Crippen LogP contribution is 2.34. The molecule has 0 bridgehead atoms. The van der Waals surface area contributed by atoms with Gasteiger partial charge in [0.05, 0.1) is 30.8 Å². The molecule has 1 fully saturated rings. The van der Waals surface area contributed by atoms with Gasteiger partial charge in [-0.1, -0.05) is 18.2 Å². The van der Waals surface area contributed by atoms with Gasteiger partial charge in [-0.05, 0) is 91.6 Å². The van der Waals surface area contributed by atoms with Crippen molar-refractivity contribution < 1.29 is 45.0 Å². The van der Waals surface area contributed by atoms with Crippen LogP contribution < -0.4 is 20.7 Å². The fraction of sp³-hybridized carbons (Fsp3) is 0.297. The van der Waals surface area contributed by atoms with Crippen LogP contribution in [0, 0.1) is 23.3 Å². The molecule has 276 valence electrons. The van der Waals surface area contributed by atoms with Crippen molar-refractivity contribution in [3.05, 3.63) is 125 Å². The van der Waals surface area contributed by atoms with Crippen LogP contribution in [0.2, 0.25) is 0 Å². The van der Waals surface area contributed by atoms with Crippen LogP contribution in [0.4, 0.5) is 28.0 Å². The van der Waals surface area contributed by atoms with Crippen molar-refractivity contribution in [3.8, 4) is 5.75 Å². The topological polar surface area (TPSA) is 131 Å². The van der Waals surface area contributed by atoms with E-state index < -0.39 is 69.3 Å². The Labute approximate surface area is 299 Å². The molecule has 10 nitrogen and oxygen atoms in total. The van der Waals surface area contributed by atoms with Gasteiger partial charge >= 0.3 is 6.09 Å². The summed E-state index contributed by atoms with van der Waals surface area (Å²) in [6.45, 7) is 2.34. The summed E-state index contributed by atoms with van der Waals surface area (Å²) >= 11 is 0. The highest BCUT2D eigenvalue weighted by Gasteiger charge is 2.40. The number of ether oxygens (including phenoxy) is 2. The van der Waals surface area contributed by atoms with Gasteiger partial charge < -0.3 is 20.5 Å². The number of hydrogen-bond acceptors (Lipinski definition) is 8. The summed E-state index contributed by atoms with van der Waals surface area (Å²) < 4.78 is 97.8. The Balaban J connectivity index is 1.50. The number of amides is 2. The van der Waals surface area contributed by atoms with Gasteiger partial charge in [0.25, 0.3) is 5.91 Å². The number of halogens is 4. The van der Waals surface area contributed by atoms with Gasteiger partial charge in [0.2, 0.25) is 10.0 Å². The van der Waals surface area contributed by atoms with Gasteiger partial charge in [-0.15, -0.1) is 0 Å². The molecule has 0 radical (unpaired) electrons. The van der Waals surface area contributed by atoms with E-state index in [-0.39, 0.29) is 46.7 Å². The minimum Gasteiger partial charge on any atom is -0.497 e. The summed E-state index contributed by atoms with van der Waals surface area (Å²) in [5, 5.41) is 3.21. The van der Waals surface area contributed by atoms with E-state index in [1.165, 1.54) is 59.9 Å². The van der Waals surface area contributed by atoms with Gasteiger partial charge in [0.15, 0.2) is 0 Å². The standard InChI is InChI=1S/C37H38F4N4O6S/c1-22-20-43-21-28(45(22)52(48,49)30-14-12-29(50-2)13-15-30)11-16-31-32(41)5-4-6-33(31)44(37(47)51-3)36(46)35(42)34(23-7-9-25(38)10-8-23)24-17-26(39)19-27(40)18-24/h4-10,12-15,17-19,22,28,34-35,43H,11,16,20-21,42H2,1-3H3/t22-,28-,34-,35-/m0/s1. The lowest BCUT2D eigenvalue weighted by atomic mass is 9.84. The second kappa shape index (κ2) is 16.2. The van der Waals surface area contributed by atoms with Gasteiger partial charge in [-0.3, -0.25) is 4.79 Å². The first kappa shape index (κ1) is 38.4. The summed E-state index contributed by atoms with van der Waals surface area (Å²) in [4.78, 5) is 28.2. The molecule has 1 heterocycles. The number of nitrogens with one attached hydrogen (secondary N) is 1. The largest absolute Gasteiger partial charge is 0.497 e. The molecule has 1 aliphatic heterocycles. The highest BCUT2D eigenvalue weighted by molar-refractivity contribution is 7.89. The van der Waals surface area contributed by atoms with Crippen LogP contribution in [0.15, 0.2) is 89.8 Å². The summed E-state index contributed by atoms with van der Waals surface area (Å²) in [7, 11) is -1.56. The third-order valence-corrected chi connectivity index (χ3v) is 11.1. The quantitative estimate of drug-likeness (QED) is 0.193. The van der Waals surface area contributed by atoms with Crippen LogP contribution in [-0.2, 0) is 26.0 Å². The molecule has 3 N–H and O–H groups in total. The van der Waals surface area contributed by atoms with Crippen molar-refractivity contribution in [2.75, 3.05) is 32.2 Å². The Hall–Kier alpha value is -4.83. The molecular formula is C37H38F4N4O6S. The second-order valence-corrected chi connectivity index (χ2v) is 14.2. The zero-order chi connectivity index (χ0) is 37.7. The molecule has 4 aromatic rings. The predicted octanol–water partition coefficient (Wildman–Crippen LogP) is 5.49. The number of methoxy groups -OCH3 is 2. The summed E-state index contributed by atoms with van der Waals surface area (Å²) in [5.74, 6) is -5.28. The van der Waals surface area contributed by atoms with E-state index in [2.05, 4.69) is 5.32 Å². The van der Waals surface area contributed by atoms with E-state index in [1.54, 1.807) is 6.92 Å². The maximum atomic E-state index is 15.8. The minimum absolute atomic E-state index is 0.0453. The monoisotopic (exact) mass is 742 g/mol. The Bertz CT molecular complexity index is 2000. The number of nitrogens with two attached hydrogens (primary N) is 1. The Morgan fingerprint density at radius 2 is 1.56 bits per heavy atom. The normalized spacial score (nSPS) is 17.6. The average molecular weight is 743 g/mol. The van der Waals surface area contributed by atoms with E-state index in [1.807, 2.05) is 0 Å². The van der Waals surface area contributed by atoms with Crippen LogP contribution in [0.3, 0.4) is 0 Å². The van der Waals surface area contributed by atoms with Gasteiger partial charge in [0, 0.05) is 42.7 Å². The summed E-state index contributed by atoms with van der Waals surface area (Å²) in [5.41, 5.74) is 6.30. The first-order valence-corrected chi connectivity index (χ1v) is 17.8. The maximum Gasteiger partial charge on any atom is 0.420 e. The lowest BCUT2D eigenvalue weighted by molar-refractivity contribution is -0.119. The number of benzene rings is 4. The van der Waals surface area contributed by atoms with Crippen molar-refractivity contribution in [1.29, 1.82) is 0 Å². The van der Waals surface area contributed by atoms with Crippen LogP contribution in [0.1, 0.15) is 36.0 Å². The highest BCUT2D eigenvalue weighted by atomic mass is 32.2. The number of sulfonamides is 1. The van der Waals surface area contributed by atoms with Crippen molar-refractivity contribution in [2.24, 2.45) is 5.73 Å². The van der Waals surface area contributed by atoms with Crippen molar-refractivity contribution >= 4 is 27.7 Å². The van der Waals surface area contributed by atoms with E-state index in [9.17, 15) is 31.2 Å². The zero-order valence-corrected chi connectivity index (χ0v) is 29.4. The van der Waals surface area contributed by atoms with Gasteiger partial charge in [-0.25, -0.2) is 35.7 Å². The fourth-order valence-electron chi connectivity index (χ4n) is 6.57. The van der Waals surface area contributed by atoms with E-state index in [0.717, 1.165) is 37.4 Å². The molecule has 0 unspecified atom stereocenters. The number of carbonyl (C=O) groups excluding carboxylic acids is 2. The number of imide groups is 1. The Morgan fingerprint density at radius 3 is 2.17 bits per heavy atom. The maximum absolute atomic E-state index is 15.8. The molecule has 0 aliphatic carbocycles. The van der Waals surface area contributed by atoms with Crippen LogP contribution >= 0.6 is 0 Å². The van der Waals surface area contributed by atoms with E-state index in [4.69, 9.17) is 15.2 Å². The molecule has 0 aromatic heterocycles. The van der Waals surface area contributed by atoms with E-state index >= 15 is 4.39 Å². The number of rotatable bonds is 11. The predicted molar refractivity (Wildman–Crippen MR) is 185 cm³/mol. The summed E-state index contributed by atoms with van der Waals surface area (Å²) in [6.07, 6.45) is -1.30. The molecular weight excluding hydrogens is 704 g/mol. The molecule has 1 saturated heterocycles. The number of hydrogen-bond donors (Lipinski definition) is 2. The summed E-state index contributed by atoms with van der Waals surface area (Å²) in [6, 6.07) is 14.1. The number of anilines is 1. The SMILES string of the molecule is COC(=O)N(C(=O)[C@@H](N)[C@@H](c1ccc(F)cc1)c1cc(F)cc(F)c1)c1cccc(F)c1CC[C@H]1CNC[C@H](C)N1S(=O)(=O)c1ccc(OC)cc1. The third-order valence-electron chi connectivity index (χ3n) is 9.01. The first-order valence-electron chi connectivity index (χ1n) is 16.3. The fourth-order valence-corrected chi connectivity index (χ4v) is 8.41. The molecule has 4 atom stereocenters. The average Bonchev–Trinajstić information content (AvgIpc) is 3.11. The molecule has 0 spiro atoms. The van der Waals surface area contributed by atoms with Crippen molar-refractivity contribution in [3.63, 3.8) is 0 Å². The molecule has 0 saturated carbocycles. The van der Waals surface area contributed by atoms with Crippen LogP contribution in [-0.4, -0.2) is 70.2 Å². The third kappa shape index (κ3) is 8.12. The lowest BCUT2D eigenvalue weighted by Gasteiger charge is -2.40. The molecule has 5 rings (SSSR count). The minimum atomic E-state index is -4.03. The number of piperazine rings is 1. The molecule has 1 aliphatic rings. The Kier molecular flexibility index (Phi) is 12.0. The van der Waals surface area contributed by atoms with E-state index in [0.29, 0.717) is 23.3 Å². The van der Waals surface area contributed by atoms with Crippen molar-refractivity contribution in [1.82, 2.24) is 9.62 Å².